The third-order valence-electron chi connectivity index (χ3n) is 4.19. The number of nitrogens with two attached hydrogens (primary N) is 1. The van der Waals surface area contributed by atoms with E-state index in [2.05, 4.69) is 4.90 Å². The van der Waals surface area contributed by atoms with Crippen molar-refractivity contribution in [2.24, 2.45) is 11.7 Å². The van der Waals surface area contributed by atoms with Crippen LogP contribution in [0.1, 0.15) is 24.0 Å². The van der Waals surface area contributed by atoms with Gasteiger partial charge in [0, 0.05) is 22.7 Å². The number of hydrogen-bond donors (Lipinski definition) is 1. The number of halogens is 1. The molecule has 4 nitrogen and oxygen atoms in total. The minimum Gasteiger partial charge on any atom is -0.467 e. The van der Waals surface area contributed by atoms with Crippen LogP contribution in [0.15, 0.2) is 12.1 Å². The van der Waals surface area contributed by atoms with Crippen molar-refractivity contribution in [3.05, 3.63) is 28.3 Å². The average Bonchev–Trinajstić information content (AvgIpc) is 2.48. The van der Waals surface area contributed by atoms with E-state index in [1.807, 2.05) is 12.1 Å². The summed E-state index contributed by atoms with van der Waals surface area (Å²) in [4.78, 5) is 2.46. The van der Waals surface area contributed by atoms with Gasteiger partial charge in [-0.3, -0.25) is 4.90 Å². The summed E-state index contributed by atoms with van der Waals surface area (Å²) in [5, 5.41) is 0.754. The summed E-state index contributed by atoms with van der Waals surface area (Å²) in [6, 6.07) is 3.95. The molecule has 2 aliphatic heterocycles. The van der Waals surface area contributed by atoms with Gasteiger partial charge in [0.2, 0.25) is 0 Å². The first-order chi connectivity index (χ1) is 9.76. The van der Waals surface area contributed by atoms with Crippen LogP contribution in [0.4, 0.5) is 0 Å². The van der Waals surface area contributed by atoms with Crippen LogP contribution in [0, 0.1) is 5.92 Å². The molecule has 0 aromatic heterocycles. The average molecular weight is 297 g/mol. The van der Waals surface area contributed by atoms with E-state index in [4.69, 9.17) is 26.8 Å². The molecule has 110 valence electrons. The Kier molecular flexibility index (Phi) is 4.46. The molecule has 1 fully saturated rings. The molecule has 2 aliphatic rings. The second-order valence-electron chi connectivity index (χ2n) is 5.62. The zero-order chi connectivity index (χ0) is 13.9. The lowest BCUT2D eigenvalue weighted by atomic mass is 9.96. The molecule has 0 saturated carbocycles. The van der Waals surface area contributed by atoms with Gasteiger partial charge < -0.3 is 15.2 Å². The van der Waals surface area contributed by atoms with Crippen molar-refractivity contribution < 1.29 is 9.47 Å². The van der Waals surface area contributed by atoms with Gasteiger partial charge in [-0.05, 0) is 50.5 Å². The van der Waals surface area contributed by atoms with E-state index in [0.717, 1.165) is 42.5 Å². The van der Waals surface area contributed by atoms with Crippen LogP contribution in [-0.4, -0.2) is 31.3 Å². The van der Waals surface area contributed by atoms with Gasteiger partial charge in [-0.15, -0.1) is 0 Å². The predicted octanol–water partition coefficient (Wildman–Crippen LogP) is 2.38. The number of nitrogens with zero attached hydrogens (tertiary/aromatic N) is 1. The third kappa shape index (κ3) is 3.09. The molecule has 0 unspecified atom stereocenters. The van der Waals surface area contributed by atoms with Crippen molar-refractivity contribution in [1.82, 2.24) is 4.90 Å². The molecule has 3 rings (SSSR count). The SMILES string of the molecule is NCC1CCN(Cc2cc(Cl)cc3c2OCOC3)CC1. The van der Waals surface area contributed by atoms with E-state index in [9.17, 15) is 0 Å². The normalized spacial score (nSPS) is 20.5. The minimum absolute atomic E-state index is 0.330. The van der Waals surface area contributed by atoms with Crippen molar-refractivity contribution in [2.75, 3.05) is 26.4 Å². The van der Waals surface area contributed by atoms with Gasteiger partial charge in [0.25, 0.3) is 0 Å². The van der Waals surface area contributed by atoms with Gasteiger partial charge in [-0.25, -0.2) is 0 Å². The smallest absolute Gasteiger partial charge is 0.189 e. The lowest BCUT2D eigenvalue weighted by molar-refractivity contribution is -0.0175. The number of hydrogen-bond acceptors (Lipinski definition) is 4. The summed E-state index contributed by atoms with van der Waals surface area (Å²) in [6.07, 6.45) is 2.37. The lowest BCUT2D eigenvalue weighted by Crippen LogP contribution is -2.35. The Morgan fingerprint density at radius 3 is 2.85 bits per heavy atom. The molecule has 1 aromatic carbocycles. The number of likely N-dealkylation sites (tertiary alicyclic amines) is 1. The minimum atomic E-state index is 0.330. The predicted molar refractivity (Wildman–Crippen MR) is 78.8 cm³/mol. The van der Waals surface area contributed by atoms with Crippen LogP contribution < -0.4 is 10.5 Å². The van der Waals surface area contributed by atoms with Gasteiger partial charge in [0.05, 0.1) is 6.61 Å². The third-order valence-corrected chi connectivity index (χ3v) is 4.40. The zero-order valence-electron chi connectivity index (χ0n) is 11.6. The second kappa shape index (κ2) is 6.31. The summed E-state index contributed by atoms with van der Waals surface area (Å²) >= 11 is 6.20. The maximum atomic E-state index is 6.20. The quantitative estimate of drug-likeness (QED) is 0.930. The molecule has 2 heterocycles. The molecular formula is C15H21ClN2O2. The molecule has 1 aromatic rings. The fourth-order valence-electron chi connectivity index (χ4n) is 3.00. The standard InChI is InChI=1S/C15H21ClN2O2/c16-14-5-12(15-13(6-14)9-19-10-20-15)8-18-3-1-11(7-17)2-4-18/h5-6,11H,1-4,7-10,17H2. The van der Waals surface area contributed by atoms with Crippen LogP contribution in [0.25, 0.3) is 0 Å². The molecule has 0 aliphatic carbocycles. The van der Waals surface area contributed by atoms with Crippen LogP contribution in [0.2, 0.25) is 5.02 Å². The summed E-state index contributed by atoms with van der Waals surface area (Å²) in [6.45, 7) is 4.80. The molecule has 0 spiro atoms. The summed E-state index contributed by atoms with van der Waals surface area (Å²) in [5.74, 6) is 1.64. The van der Waals surface area contributed by atoms with Crippen molar-refractivity contribution in [2.45, 2.75) is 26.0 Å². The van der Waals surface area contributed by atoms with E-state index < -0.39 is 0 Å². The van der Waals surface area contributed by atoms with E-state index in [-0.39, 0.29) is 0 Å². The van der Waals surface area contributed by atoms with Crippen LogP contribution >= 0.6 is 11.6 Å². The number of ether oxygens (including phenoxy) is 2. The Morgan fingerprint density at radius 1 is 1.30 bits per heavy atom. The van der Waals surface area contributed by atoms with E-state index in [0.29, 0.717) is 19.3 Å². The molecule has 2 N–H and O–H groups in total. The molecule has 0 amide bonds. The van der Waals surface area contributed by atoms with Gasteiger partial charge in [0.1, 0.15) is 5.75 Å². The second-order valence-corrected chi connectivity index (χ2v) is 6.06. The van der Waals surface area contributed by atoms with E-state index in [1.54, 1.807) is 0 Å². The topological polar surface area (TPSA) is 47.7 Å². The fourth-order valence-corrected chi connectivity index (χ4v) is 3.26. The Bertz CT molecular complexity index is 473. The molecule has 0 bridgehead atoms. The number of rotatable bonds is 3. The zero-order valence-corrected chi connectivity index (χ0v) is 12.4. The lowest BCUT2D eigenvalue weighted by Gasteiger charge is -2.32. The number of piperidine rings is 1. The van der Waals surface area contributed by atoms with Gasteiger partial charge in [0.15, 0.2) is 6.79 Å². The molecule has 20 heavy (non-hydrogen) atoms. The first-order valence-corrected chi connectivity index (χ1v) is 7.58. The summed E-state index contributed by atoms with van der Waals surface area (Å²) in [5.41, 5.74) is 7.96. The molecule has 0 radical (unpaired) electrons. The molecular weight excluding hydrogens is 276 g/mol. The first kappa shape index (κ1) is 14.1. The Morgan fingerprint density at radius 2 is 2.10 bits per heavy atom. The monoisotopic (exact) mass is 296 g/mol. The highest BCUT2D eigenvalue weighted by atomic mass is 35.5. The van der Waals surface area contributed by atoms with Gasteiger partial charge in [-0.2, -0.15) is 0 Å². The summed E-state index contributed by atoms with van der Waals surface area (Å²) < 4.78 is 11.0. The van der Waals surface area contributed by atoms with Crippen molar-refractivity contribution in [1.29, 1.82) is 0 Å². The van der Waals surface area contributed by atoms with Gasteiger partial charge >= 0.3 is 0 Å². The van der Waals surface area contributed by atoms with Crippen LogP contribution in [0.5, 0.6) is 5.75 Å². The first-order valence-electron chi connectivity index (χ1n) is 7.20. The highest BCUT2D eigenvalue weighted by molar-refractivity contribution is 6.30. The highest BCUT2D eigenvalue weighted by Gasteiger charge is 2.21. The number of benzene rings is 1. The largest absolute Gasteiger partial charge is 0.467 e. The Hall–Kier alpha value is -0.810. The maximum absolute atomic E-state index is 6.20. The van der Waals surface area contributed by atoms with Crippen molar-refractivity contribution in [3.8, 4) is 5.75 Å². The molecule has 1 saturated heterocycles. The van der Waals surface area contributed by atoms with E-state index in [1.165, 1.54) is 18.4 Å². The Labute approximate surface area is 124 Å². The Balaban J connectivity index is 1.72. The van der Waals surface area contributed by atoms with E-state index >= 15 is 0 Å². The summed E-state index contributed by atoms with van der Waals surface area (Å²) in [7, 11) is 0. The maximum Gasteiger partial charge on any atom is 0.189 e. The molecule has 5 heteroatoms. The van der Waals surface area contributed by atoms with Crippen LogP contribution in [0.3, 0.4) is 0 Å². The van der Waals surface area contributed by atoms with Crippen LogP contribution in [-0.2, 0) is 17.9 Å². The highest BCUT2D eigenvalue weighted by Crippen LogP contribution is 2.33. The fraction of sp³-hybridized carbons (Fsp3) is 0.600. The van der Waals surface area contributed by atoms with Gasteiger partial charge in [-0.1, -0.05) is 11.6 Å². The molecule has 0 atom stereocenters. The van der Waals surface area contributed by atoms with Crippen molar-refractivity contribution in [3.63, 3.8) is 0 Å². The van der Waals surface area contributed by atoms with Crippen molar-refractivity contribution >= 4 is 11.6 Å². The number of fused-ring (bicyclic) bond motifs is 1.